The van der Waals surface area contributed by atoms with Gasteiger partial charge in [0.1, 0.15) is 0 Å². The SMILES string of the molecule is Cc1cnn(CCC(=O)N(CCN(C)C)C2CCCC2)c1. The van der Waals surface area contributed by atoms with Crippen molar-refractivity contribution < 1.29 is 4.79 Å². The first-order valence-corrected chi connectivity index (χ1v) is 7.99. The number of hydrogen-bond donors (Lipinski definition) is 0. The van der Waals surface area contributed by atoms with Crippen LogP contribution in [0.5, 0.6) is 0 Å². The molecule has 21 heavy (non-hydrogen) atoms. The summed E-state index contributed by atoms with van der Waals surface area (Å²) < 4.78 is 1.87. The topological polar surface area (TPSA) is 41.4 Å². The van der Waals surface area contributed by atoms with E-state index in [2.05, 4.69) is 29.0 Å². The van der Waals surface area contributed by atoms with Gasteiger partial charge >= 0.3 is 0 Å². The number of nitrogens with zero attached hydrogens (tertiary/aromatic N) is 4. The van der Waals surface area contributed by atoms with Crippen molar-refractivity contribution >= 4 is 5.91 Å². The summed E-state index contributed by atoms with van der Waals surface area (Å²) in [6, 6.07) is 0.455. The van der Waals surface area contributed by atoms with Gasteiger partial charge in [-0.1, -0.05) is 12.8 Å². The Morgan fingerprint density at radius 3 is 2.62 bits per heavy atom. The lowest BCUT2D eigenvalue weighted by Crippen LogP contribution is -2.43. The second kappa shape index (κ2) is 7.59. The molecule has 1 heterocycles. The Kier molecular flexibility index (Phi) is 5.79. The van der Waals surface area contributed by atoms with Crippen LogP contribution in [0.1, 0.15) is 37.7 Å². The summed E-state index contributed by atoms with van der Waals surface area (Å²) in [6.45, 7) is 4.48. The van der Waals surface area contributed by atoms with E-state index in [1.54, 1.807) is 0 Å². The maximum atomic E-state index is 12.6. The molecule has 0 radical (unpaired) electrons. The molecule has 118 valence electrons. The molecule has 1 aromatic heterocycles. The van der Waals surface area contributed by atoms with E-state index in [4.69, 9.17) is 0 Å². The highest BCUT2D eigenvalue weighted by Gasteiger charge is 2.26. The summed E-state index contributed by atoms with van der Waals surface area (Å²) >= 11 is 0. The average molecular weight is 292 g/mol. The van der Waals surface area contributed by atoms with E-state index in [1.165, 1.54) is 25.7 Å². The third kappa shape index (κ3) is 4.84. The van der Waals surface area contributed by atoms with Gasteiger partial charge in [-0.05, 0) is 39.4 Å². The minimum atomic E-state index is 0.275. The molecule has 1 amide bonds. The third-order valence-corrected chi connectivity index (χ3v) is 4.19. The molecule has 5 nitrogen and oxygen atoms in total. The van der Waals surface area contributed by atoms with Crippen molar-refractivity contribution in [3.05, 3.63) is 18.0 Å². The van der Waals surface area contributed by atoms with Crippen LogP contribution in [0, 0.1) is 6.92 Å². The van der Waals surface area contributed by atoms with Gasteiger partial charge in [0.25, 0.3) is 0 Å². The smallest absolute Gasteiger partial charge is 0.224 e. The first-order chi connectivity index (χ1) is 10.1. The predicted octanol–water partition coefficient (Wildman–Crippen LogP) is 1.91. The van der Waals surface area contributed by atoms with E-state index in [0.717, 1.165) is 18.7 Å². The van der Waals surface area contributed by atoms with Crippen molar-refractivity contribution in [1.82, 2.24) is 19.6 Å². The zero-order chi connectivity index (χ0) is 15.2. The van der Waals surface area contributed by atoms with Crippen LogP contribution in [0.4, 0.5) is 0 Å². The lowest BCUT2D eigenvalue weighted by molar-refractivity contribution is -0.133. The summed E-state index contributed by atoms with van der Waals surface area (Å²) in [5, 5.41) is 4.26. The maximum absolute atomic E-state index is 12.6. The van der Waals surface area contributed by atoms with Gasteiger partial charge in [0.2, 0.25) is 5.91 Å². The molecule has 0 aliphatic heterocycles. The van der Waals surface area contributed by atoms with Gasteiger partial charge in [-0.3, -0.25) is 9.48 Å². The average Bonchev–Trinajstić information content (AvgIpc) is 3.08. The second-order valence-corrected chi connectivity index (χ2v) is 6.36. The zero-order valence-corrected chi connectivity index (χ0v) is 13.6. The Morgan fingerprint density at radius 1 is 1.33 bits per heavy atom. The Bertz CT molecular complexity index is 449. The Morgan fingerprint density at radius 2 is 2.05 bits per heavy atom. The lowest BCUT2D eigenvalue weighted by atomic mass is 10.2. The van der Waals surface area contributed by atoms with E-state index in [0.29, 0.717) is 19.0 Å². The van der Waals surface area contributed by atoms with Gasteiger partial charge in [0.15, 0.2) is 0 Å². The van der Waals surface area contributed by atoms with Crippen LogP contribution in [-0.4, -0.2) is 58.7 Å². The molecule has 1 aliphatic rings. The van der Waals surface area contributed by atoms with Crippen molar-refractivity contribution in [1.29, 1.82) is 0 Å². The van der Waals surface area contributed by atoms with Gasteiger partial charge < -0.3 is 9.80 Å². The Balaban J connectivity index is 1.89. The maximum Gasteiger partial charge on any atom is 0.224 e. The van der Waals surface area contributed by atoms with Crippen LogP contribution in [-0.2, 0) is 11.3 Å². The molecule has 1 fully saturated rings. The number of amides is 1. The standard InChI is InChI=1S/C16H28N4O/c1-14-12-17-19(13-14)9-8-16(21)20(11-10-18(2)3)15-6-4-5-7-15/h12-13,15H,4-11H2,1-3H3. The molecule has 2 rings (SSSR count). The molecule has 1 aliphatic carbocycles. The summed E-state index contributed by atoms with van der Waals surface area (Å²) in [6.07, 6.45) is 9.23. The first-order valence-electron chi connectivity index (χ1n) is 7.99. The van der Waals surface area contributed by atoms with Crippen molar-refractivity contribution in [2.45, 2.75) is 51.6 Å². The molecular weight excluding hydrogens is 264 g/mol. The van der Waals surface area contributed by atoms with Gasteiger partial charge in [-0.25, -0.2) is 0 Å². The molecule has 0 aromatic carbocycles. The van der Waals surface area contributed by atoms with Crippen LogP contribution in [0.3, 0.4) is 0 Å². The molecule has 0 spiro atoms. The molecule has 0 unspecified atom stereocenters. The van der Waals surface area contributed by atoms with E-state index in [-0.39, 0.29) is 5.91 Å². The van der Waals surface area contributed by atoms with Crippen LogP contribution in [0.25, 0.3) is 0 Å². The van der Waals surface area contributed by atoms with Crippen LogP contribution < -0.4 is 0 Å². The van der Waals surface area contributed by atoms with Crippen molar-refractivity contribution in [3.8, 4) is 0 Å². The Hall–Kier alpha value is -1.36. The minimum absolute atomic E-state index is 0.275. The van der Waals surface area contributed by atoms with Crippen LogP contribution in [0.2, 0.25) is 0 Å². The largest absolute Gasteiger partial charge is 0.338 e. The normalized spacial score (nSPS) is 15.8. The van der Waals surface area contributed by atoms with E-state index >= 15 is 0 Å². The van der Waals surface area contributed by atoms with Gasteiger partial charge in [0, 0.05) is 38.3 Å². The monoisotopic (exact) mass is 292 g/mol. The molecule has 0 N–H and O–H groups in total. The highest BCUT2D eigenvalue weighted by atomic mass is 16.2. The van der Waals surface area contributed by atoms with E-state index < -0.39 is 0 Å². The molecule has 0 atom stereocenters. The first kappa shape index (κ1) is 16.0. The summed E-state index contributed by atoms with van der Waals surface area (Å²) in [4.78, 5) is 16.8. The fourth-order valence-corrected chi connectivity index (χ4v) is 2.98. The third-order valence-electron chi connectivity index (χ3n) is 4.19. The number of likely N-dealkylation sites (N-methyl/N-ethyl adjacent to an activating group) is 1. The summed E-state index contributed by atoms with van der Waals surface area (Å²) in [7, 11) is 4.12. The molecule has 0 bridgehead atoms. The van der Waals surface area contributed by atoms with Crippen molar-refractivity contribution in [2.75, 3.05) is 27.2 Å². The molecule has 1 saturated carbocycles. The minimum Gasteiger partial charge on any atom is -0.338 e. The number of aryl methyl sites for hydroxylation is 2. The van der Waals surface area contributed by atoms with Crippen LogP contribution >= 0.6 is 0 Å². The number of rotatable bonds is 7. The van der Waals surface area contributed by atoms with Crippen molar-refractivity contribution in [3.63, 3.8) is 0 Å². The van der Waals surface area contributed by atoms with Gasteiger partial charge in [0.05, 0.1) is 6.20 Å². The number of hydrogen-bond acceptors (Lipinski definition) is 3. The van der Waals surface area contributed by atoms with Crippen LogP contribution in [0.15, 0.2) is 12.4 Å². The fraction of sp³-hybridized carbons (Fsp3) is 0.750. The highest BCUT2D eigenvalue weighted by Crippen LogP contribution is 2.24. The quantitative estimate of drug-likeness (QED) is 0.771. The Labute approximate surface area is 127 Å². The number of carbonyl (C=O) groups excluding carboxylic acids is 1. The molecule has 1 aromatic rings. The predicted molar refractivity (Wildman–Crippen MR) is 84.1 cm³/mol. The fourth-order valence-electron chi connectivity index (χ4n) is 2.98. The second-order valence-electron chi connectivity index (χ2n) is 6.36. The molecule has 0 saturated heterocycles. The van der Waals surface area contributed by atoms with E-state index in [9.17, 15) is 4.79 Å². The van der Waals surface area contributed by atoms with Gasteiger partial charge in [-0.15, -0.1) is 0 Å². The lowest BCUT2D eigenvalue weighted by Gasteiger charge is -2.30. The summed E-state index contributed by atoms with van der Waals surface area (Å²) in [5.74, 6) is 0.275. The van der Waals surface area contributed by atoms with Gasteiger partial charge in [-0.2, -0.15) is 5.10 Å². The number of aromatic nitrogens is 2. The molecular formula is C16H28N4O. The van der Waals surface area contributed by atoms with E-state index in [1.807, 2.05) is 24.0 Å². The zero-order valence-electron chi connectivity index (χ0n) is 13.6. The molecule has 5 heteroatoms. The number of carbonyl (C=O) groups is 1. The van der Waals surface area contributed by atoms with Crippen molar-refractivity contribution in [2.24, 2.45) is 0 Å². The highest BCUT2D eigenvalue weighted by molar-refractivity contribution is 5.76. The summed E-state index contributed by atoms with van der Waals surface area (Å²) in [5.41, 5.74) is 1.14.